The summed E-state index contributed by atoms with van der Waals surface area (Å²) in [4.78, 5) is 35.9. The third-order valence-corrected chi connectivity index (χ3v) is 4.38. The molecule has 0 aromatic heterocycles. The minimum Gasteiger partial charge on any atom is -0.494 e. The molecule has 1 N–H and O–H groups in total. The number of Topliss-reactive ketones (excluding diaryl/α,β-unsaturated/α-hetero) is 1. The van der Waals surface area contributed by atoms with Crippen molar-refractivity contribution in [2.45, 2.75) is 26.2 Å². The Morgan fingerprint density at radius 2 is 1.83 bits per heavy atom. The fourth-order valence-corrected chi connectivity index (χ4v) is 2.78. The second-order valence-electron chi connectivity index (χ2n) is 6.63. The van der Waals surface area contributed by atoms with Crippen LogP contribution in [0.4, 0.5) is 5.69 Å². The highest BCUT2D eigenvalue weighted by atomic mass is 16.5. The molecule has 0 saturated heterocycles. The van der Waals surface area contributed by atoms with Crippen LogP contribution in [0, 0.1) is 0 Å². The number of nitrogens with one attached hydrogen (secondary N) is 1. The Bertz CT molecular complexity index is 891. The zero-order valence-corrected chi connectivity index (χ0v) is 16.2. The number of esters is 1. The molecule has 3 rings (SSSR count). The van der Waals surface area contributed by atoms with Crippen LogP contribution in [0.3, 0.4) is 0 Å². The van der Waals surface area contributed by atoms with E-state index >= 15 is 0 Å². The van der Waals surface area contributed by atoms with Crippen molar-refractivity contribution in [3.63, 3.8) is 0 Å². The molecule has 7 heteroatoms. The molecule has 0 atom stereocenters. The van der Waals surface area contributed by atoms with Gasteiger partial charge in [-0.3, -0.25) is 9.59 Å². The van der Waals surface area contributed by atoms with Crippen LogP contribution >= 0.6 is 0 Å². The highest BCUT2D eigenvalue weighted by Crippen LogP contribution is 2.28. The minimum atomic E-state index is -0.592. The quantitative estimate of drug-likeness (QED) is 0.395. The first-order chi connectivity index (χ1) is 14.1. The topological polar surface area (TPSA) is 90.9 Å². The zero-order chi connectivity index (χ0) is 20.6. The lowest BCUT2D eigenvalue weighted by Crippen LogP contribution is -2.25. The summed E-state index contributed by atoms with van der Waals surface area (Å²) in [7, 11) is 0. The summed E-state index contributed by atoms with van der Waals surface area (Å²) < 4.78 is 16.0. The van der Waals surface area contributed by atoms with Crippen molar-refractivity contribution < 1.29 is 28.6 Å². The maximum absolute atomic E-state index is 12.3. The average molecular weight is 397 g/mol. The van der Waals surface area contributed by atoms with Crippen LogP contribution in [0.25, 0.3) is 0 Å². The number of carbonyl (C=O) groups excluding carboxylic acids is 3. The van der Waals surface area contributed by atoms with Gasteiger partial charge in [0.05, 0.1) is 17.9 Å². The molecule has 0 unspecified atom stereocenters. The molecule has 2 aromatic carbocycles. The number of amides is 1. The van der Waals surface area contributed by atoms with Gasteiger partial charge in [-0.2, -0.15) is 0 Å². The first-order valence-corrected chi connectivity index (χ1v) is 9.56. The monoisotopic (exact) mass is 397 g/mol. The van der Waals surface area contributed by atoms with Gasteiger partial charge >= 0.3 is 5.97 Å². The van der Waals surface area contributed by atoms with Crippen molar-refractivity contribution in [3.8, 4) is 11.5 Å². The Morgan fingerprint density at radius 3 is 2.59 bits per heavy atom. The SMILES string of the molecule is CCCCCOc1ccc(C(=O)OCC(=O)c2ccc3c(c2)NC(=O)CO3)cc1. The van der Waals surface area contributed by atoms with Gasteiger partial charge in [-0.1, -0.05) is 19.8 Å². The van der Waals surface area contributed by atoms with Crippen molar-refractivity contribution in [2.75, 3.05) is 25.1 Å². The average Bonchev–Trinajstić information content (AvgIpc) is 2.74. The van der Waals surface area contributed by atoms with E-state index in [0.29, 0.717) is 34.9 Å². The number of ketones is 1. The molecule has 0 bridgehead atoms. The van der Waals surface area contributed by atoms with Crippen molar-refractivity contribution in [1.82, 2.24) is 0 Å². The van der Waals surface area contributed by atoms with Gasteiger partial charge in [0, 0.05) is 5.56 Å². The highest BCUT2D eigenvalue weighted by molar-refractivity contribution is 6.02. The number of benzene rings is 2. The van der Waals surface area contributed by atoms with E-state index in [4.69, 9.17) is 14.2 Å². The van der Waals surface area contributed by atoms with Gasteiger partial charge in [-0.15, -0.1) is 0 Å². The highest BCUT2D eigenvalue weighted by Gasteiger charge is 2.18. The van der Waals surface area contributed by atoms with Gasteiger partial charge in [-0.05, 0) is 48.9 Å². The molecular formula is C22H23NO6. The van der Waals surface area contributed by atoms with Crippen LogP contribution in [0.1, 0.15) is 46.9 Å². The maximum atomic E-state index is 12.3. The molecule has 1 aliphatic heterocycles. The van der Waals surface area contributed by atoms with E-state index < -0.39 is 12.6 Å². The molecule has 0 spiro atoms. The standard InChI is InChI=1S/C22H23NO6/c1-2-3-4-11-27-17-8-5-15(6-9-17)22(26)29-13-19(24)16-7-10-20-18(12-16)23-21(25)14-28-20/h5-10,12H,2-4,11,13-14H2,1H3,(H,23,25). The van der Waals surface area contributed by atoms with Crippen molar-refractivity contribution in [2.24, 2.45) is 0 Å². The third kappa shape index (κ3) is 5.57. The van der Waals surface area contributed by atoms with Gasteiger partial charge in [0.1, 0.15) is 11.5 Å². The molecule has 29 heavy (non-hydrogen) atoms. The van der Waals surface area contributed by atoms with E-state index in [2.05, 4.69) is 12.2 Å². The lowest BCUT2D eigenvalue weighted by Gasteiger charge is -2.18. The molecule has 0 fully saturated rings. The summed E-state index contributed by atoms with van der Waals surface area (Å²) in [6.45, 7) is 2.31. The number of ether oxygens (including phenoxy) is 3. The number of carbonyl (C=O) groups is 3. The number of hydrogen-bond donors (Lipinski definition) is 1. The second-order valence-corrected chi connectivity index (χ2v) is 6.63. The summed E-state index contributed by atoms with van der Waals surface area (Å²) in [5.41, 5.74) is 1.08. The zero-order valence-electron chi connectivity index (χ0n) is 16.2. The first kappa shape index (κ1) is 20.4. The Hall–Kier alpha value is -3.35. The number of unbranched alkanes of at least 4 members (excludes halogenated alkanes) is 2. The van der Waals surface area contributed by atoms with Gasteiger partial charge in [0.25, 0.3) is 5.91 Å². The van der Waals surface area contributed by atoms with Crippen LogP contribution in [0.5, 0.6) is 11.5 Å². The minimum absolute atomic E-state index is 0.0551. The van der Waals surface area contributed by atoms with Crippen LogP contribution < -0.4 is 14.8 Å². The Labute approximate surface area is 169 Å². The summed E-state index contributed by atoms with van der Waals surface area (Å²) in [6, 6.07) is 11.3. The molecule has 1 aliphatic rings. The molecular weight excluding hydrogens is 374 g/mol. The van der Waals surface area contributed by atoms with Gasteiger partial charge in [0.15, 0.2) is 19.0 Å². The van der Waals surface area contributed by atoms with E-state index in [1.165, 1.54) is 6.07 Å². The Balaban J connectivity index is 1.52. The van der Waals surface area contributed by atoms with E-state index in [-0.39, 0.29) is 18.3 Å². The van der Waals surface area contributed by atoms with Gasteiger partial charge < -0.3 is 19.5 Å². The fourth-order valence-electron chi connectivity index (χ4n) is 2.78. The van der Waals surface area contributed by atoms with E-state index in [0.717, 1.165) is 19.3 Å². The first-order valence-electron chi connectivity index (χ1n) is 9.56. The number of fused-ring (bicyclic) bond motifs is 1. The molecule has 0 aliphatic carbocycles. The third-order valence-electron chi connectivity index (χ3n) is 4.38. The number of rotatable bonds is 9. The van der Waals surface area contributed by atoms with Crippen LogP contribution in [-0.4, -0.2) is 37.5 Å². The lowest BCUT2D eigenvalue weighted by molar-refractivity contribution is -0.118. The van der Waals surface area contributed by atoms with Gasteiger partial charge in [-0.25, -0.2) is 4.79 Å². The molecule has 2 aromatic rings. The lowest BCUT2D eigenvalue weighted by atomic mass is 10.1. The maximum Gasteiger partial charge on any atom is 0.338 e. The molecule has 152 valence electrons. The van der Waals surface area contributed by atoms with Crippen molar-refractivity contribution >= 4 is 23.3 Å². The second kappa shape index (κ2) is 9.73. The Kier molecular flexibility index (Phi) is 6.84. The van der Waals surface area contributed by atoms with Crippen LogP contribution in [-0.2, 0) is 9.53 Å². The molecule has 0 radical (unpaired) electrons. The van der Waals surface area contributed by atoms with Crippen molar-refractivity contribution in [3.05, 3.63) is 53.6 Å². The fraction of sp³-hybridized carbons (Fsp3) is 0.318. The predicted octanol–water partition coefficient (Wildman–Crippen LogP) is 3.63. The predicted molar refractivity (Wildman–Crippen MR) is 107 cm³/mol. The normalized spacial score (nSPS) is 12.4. The molecule has 1 heterocycles. The summed E-state index contributed by atoms with van der Waals surface area (Å²) >= 11 is 0. The number of hydrogen-bond acceptors (Lipinski definition) is 6. The number of anilines is 1. The van der Waals surface area contributed by atoms with Gasteiger partial charge in [0.2, 0.25) is 0 Å². The Morgan fingerprint density at radius 1 is 1.07 bits per heavy atom. The largest absolute Gasteiger partial charge is 0.494 e. The molecule has 1 amide bonds. The van der Waals surface area contributed by atoms with E-state index in [1.807, 2.05) is 0 Å². The van der Waals surface area contributed by atoms with E-state index in [9.17, 15) is 14.4 Å². The molecule has 0 saturated carbocycles. The van der Waals surface area contributed by atoms with Crippen LogP contribution in [0.15, 0.2) is 42.5 Å². The van der Waals surface area contributed by atoms with Crippen molar-refractivity contribution in [1.29, 1.82) is 0 Å². The molecule has 7 nitrogen and oxygen atoms in total. The van der Waals surface area contributed by atoms with Crippen LogP contribution in [0.2, 0.25) is 0 Å². The van der Waals surface area contributed by atoms with E-state index in [1.54, 1.807) is 36.4 Å². The smallest absolute Gasteiger partial charge is 0.338 e. The summed E-state index contributed by atoms with van der Waals surface area (Å²) in [5.74, 6) is -0.0733. The summed E-state index contributed by atoms with van der Waals surface area (Å²) in [5, 5.41) is 2.64. The summed E-state index contributed by atoms with van der Waals surface area (Å²) in [6.07, 6.45) is 3.23.